The molecule has 1 fully saturated rings. The fourth-order valence-electron chi connectivity index (χ4n) is 3.98. The second-order valence-corrected chi connectivity index (χ2v) is 10.4. The van der Waals surface area contributed by atoms with Crippen LogP contribution in [-0.4, -0.2) is 27.1 Å². The van der Waals surface area contributed by atoms with Gasteiger partial charge >= 0.3 is 0 Å². The minimum atomic E-state index is -0.266. The van der Waals surface area contributed by atoms with Crippen molar-refractivity contribution in [1.29, 1.82) is 0 Å². The highest BCUT2D eigenvalue weighted by Gasteiger charge is 2.27. The van der Waals surface area contributed by atoms with Crippen LogP contribution in [0.25, 0.3) is 11.4 Å². The van der Waals surface area contributed by atoms with Gasteiger partial charge in [-0.15, -0.1) is 11.3 Å². The molecule has 2 aromatic heterocycles. The van der Waals surface area contributed by atoms with Gasteiger partial charge in [-0.1, -0.05) is 26.8 Å². The Labute approximate surface area is 191 Å². The van der Waals surface area contributed by atoms with Crippen LogP contribution < -0.4 is 5.32 Å². The summed E-state index contributed by atoms with van der Waals surface area (Å²) < 4.78 is 23.8. The molecule has 3 heterocycles. The lowest BCUT2D eigenvalue weighted by Crippen LogP contribution is -2.33. The molecule has 1 aliphatic rings. The Morgan fingerprint density at radius 3 is 2.68 bits per heavy atom. The Morgan fingerprint density at radius 2 is 2.06 bits per heavy atom. The van der Waals surface area contributed by atoms with Gasteiger partial charge < -0.3 is 4.74 Å². The van der Waals surface area contributed by atoms with E-state index in [4.69, 9.17) is 22.1 Å². The Bertz CT molecular complexity index is 1040. The number of ether oxygens (including phenoxy) is 1. The van der Waals surface area contributed by atoms with Crippen LogP contribution in [0, 0.1) is 16.0 Å². The predicted octanol–water partition coefficient (Wildman–Crippen LogP) is 5.80. The van der Waals surface area contributed by atoms with Crippen LogP contribution in [0.3, 0.4) is 0 Å². The van der Waals surface area contributed by atoms with Gasteiger partial charge in [0, 0.05) is 23.1 Å². The zero-order valence-corrected chi connectivity index (χ0v) is 19.8. The normalized spacial score (nSPS) is 17.9. The molecule has 5 nitrogen and oxygen atoms in total. The lowest BCUT2D eigenvalue weighted by molar-refractivity contribution is 0.0968. The summed E-state index contributed by atoms with van der Waals surface area (Å²) >= 11 is 7.56. The van der Waals surface area contributed by atoms with Crippen molar-refractivity contribution < 1.29 is 9.13 Å². The summed E-state index contributed by atoms with van der Waals surface area (Å²) in [6, 6.07) is 10.8. The summed E-state index contributed by atoms with van der Waals surface area (Å²) in [6.07, 6.45) is 2.21. The van der Waals surface area contributed by atoms with Gasteiger partial charge in [0.15, 0.2) is 10.6 Å². The number of thiophene rings is 1. The van der Waals surface area contributed by atoms with Crippen LogP contribution in [0.1, 0.15) is 44.5 Å². The minimum Gasteiger partial charge on any atom is -0.376 e. The molecule has 31 heavy (non-hydrogen) atoms. The monoisotopic (exact) mass is 460 g/mol. The van der Waals surface area contributed by atoms with Crippen LogP contribution in [0.5, 0.6) is 0 Å². The Morgan fingerprint density at radius 1 is 1.29 bits per heavy atom. The fourth-order valence-corrected chi connectivity index (χ4v) is 5.29. The lowest BCUT2D eigenvalue weighted by atomic mass is 9.86. The molecule has 8 heteroatoms. The average molecular weight is 461 g/mol. The van der Waals surface area contributed by atoms with Crippen molar-refractivity contribution in [2.45, 2.75) is 59.0 Å². The van der Waals surface area contributed by atoms with E-state index in [1.54, 1.807) is 23.5 Å². The molecule has 0 aliphatic carbocycles. The molecular formula is C23H29FN4OS2. The number of nitrogens with zero attached hydrogens (tertiary/aromatic N) is 3. The number of aromatic nitrogens is 3. The van der Waals surface area contributed by atoms with Crippen molar-refractivity contribution in [3.8, 4) is 11.4 Å². The van der Waals surface area contributed by atoms with E-state index >= 15 is 0 Å². The third-order valence-electron chi connectivity index (χ3n) is 5.57. The molecule has 1 N–H and O–H groups in total. The van der Waals surface area contributed by atoms with Crippen LogP contribution in [0.4, 0.5) is 4.39 Å². The van der Waals surface area contributed by atoms with E-state index in [0.29, 0.717) is 18.0 Å². The molecule has 1 aliphatic heterocycles. The van der Waals surface area contributed by atoms with Crippen molar-refractivity contribution in [3.05, 3.63) is 57.2 Å². The van der Waals surface area contributed by atoms with Crippen LogP contribution in [0.2, 0.25) is 0 Å². The second-order valence-electron chi connectivity index (χ2n) is 9.03. The van der Waals surface area contributed by atoms with Crippen molar-refractivity contribution in [3.63, 3.8) is 0 Å². The summed E-state index contributed by atoms with van der Waals surface area (Å²) in [5.41, 5.74) is 0.877. The van der Waals surface area contributed by atoms with Crippen LogP contribution >= 0.6 is 23.6 Å². The molecule has 2 atom stereocenters. The molecule has 0 radical (unpaired) electrons. The molecule has 0 spiro atoms. The van der Waals surface area contributed by atoms with Gasteiger partial charge in [0.25, 0.3) is 0 Å². The molecular weight excluding hydrogens is 431 g/mol. The number of rotatable bonds is 7. The van der Waals surface area contributed by atoms with Crippen LogP contribution in [0.15, 0.2) is 41.8 Å². The molecule has 2 unspecified atom stereocenters. The summed E-state index contributed by atoms with van der Waals surface area (Å²) in [7, 11) is 0. The van der Waals surface area contributed by atoms with Crippen molar-refractivity contribution in [1.82, 2.24) is 19.7 Å². The van der Waals surface area contributed by atoms with Gasteiger partial charge in [-0.3, -0.25) is 9.88 Å². The van der Waals surface area contributed by atoms with E-state index in [1.165, 1.54) is 17.0 Å². The Kier molecular flexibility index (Phi) is 6.71. The van der Waals surface area contributed by atoms with E-state index in [-0.39, 0.29) is 23.4 Å². The van der Waals surface area contributed by atoms with E-state index < -0.39 is 0 Å². The molecule has 1 aromatic carbocycles. The fraction of sp³-hybridized carbons (Fsp3) is 0.478. The highest BCUT2D eigenvalue weighted by Crippen LogP contribution is 2.35. The Hall–Kier alpha value is -1.87. The van der Waals surface area contributed by atoms with E-state index in [9.17, 15) is 4.39 Å². The smallest absolute Gasteiger partial charge is 0.199 e. The van der Waals surface area contributed by atoms with Crippen molar-refractivity contribution in [2.75, 3.05) is 6.61 Å². The largest absolute Gasteiger partial charge is 0.376 e. The molecule has 0 bridgehead atoms. The number of benzene rings is 1. The first kappa shape index (κ1) is 22.3. The predicted molar refractivity (Wildman–Crippen MR) is 125 cm³/mol. The molecule has 166 valence electrons. The molecule has 4 rings (SSSR count). The molecule has 1 saturated heterocycles. The minimum absolute atomic E-state index is 0.0348. The molecule has 3 aromatic rings. The SMILES string of the molecule is CC(C)(C)C(NCn1nc(-c2ccc(F)cc2)n(CC2CCCO2)c1=S)c1cccs1. The summed E-state index contributed by atoms with van der Waals surface area (Å²) in [4.78, 5) is 1.29. The number of hydrogen-bond acceptors (Lipinski definition) is 5. The maximum Gasteiger partial charge on any atom is 0.199 e. The first-order valence-electron chi connectivity index (χ1n) is 10.6. The average Bonchev–Trinajstić information content (AvgIpc) is 3.47. The van der Waals surface area contributed by atoms with Crippen molar-refractivity contribution >= 4 is 23.6 Å². The highest BCUT2D eigenvalue weighted by molar-refractivity contribution is 7.71. The number of hydrogen-bond donors (Lipinski definition) is 1. The maximum atomic E-state index is 13.5. The van der Waals surface area contributed by atoms with Gasteiger partial charge in [-0.25, -0.2) is 9.07 Å². The summed E-state index contributed by atoms with van der Waals surface area (Å²) in [5, 5.41) is 10.6. The van der Waals surface area contributed by atoms with Crippen LogP contribution in [-0.2, 0) is 18.0 Å². The van der Waals surface area contributed by atoms with Gasteiger partial charge in [0.05, 0.1) is 19.3 Å². The topological polar surface area (TPSA) is 44.0 Å². The summed E-state index contributed by atoms with van der Waals surface area (Å²) in [5.74, 6) is 0.476. The first-order chi connectivity index (χ1) is 14.8. The standard InChI is InChI=1S/C23H29FN4OS2/c1-23(2,3)20(19-7-5-13-31-19)25-15-28-22(30)27(14-18-6-4-12-29-18)21(26-28)16-8-10-17(24)11-9-16/h5,7-11,13,18,20,25H,4,6,12,14-15H2,1-3H3. The van der Waals surface area contributed by atoms with Gasteiger partial charge in [0.2, 0.25) is 0 Å². The zero-order chi connectivity index (χ0) is 22.0. The number of halogens is 1. The second kappa shape index (κ2) is 9.32. The highest BCUT2D eigenvalue weighted by atomic mass is 32.1. The van der Waals surface area contributed by atoms with E-state index in [1.807, 2.05) is 9.25 Å². The first-order valence-corrected chi connectivity index (χ1v) is 11.9. The van der Waals surface area contributed by atoms with E-state index in [0.717, 1.165) is 30.8 Å². The summed E-state index contributed by atoms with van der Waals surface area (Å²) in [6.45, 7) is 8.61. The van der Waals surface area contributed by atoms with Gasteiger partial charge in [-0.2, -0.15) is 5.10 Å². The number of nitrogens with one attached hydrogen (secondary N) is 1. The van der Waals surface area contributed by atoms with E-state index in [2.05, 4.69) is 43.6 Å². The van der Waals surface area contributed by atoms with Gasteiger partial charge in [0.1, 0.15) is 5.82 Å². The maximum absolute atomic E-state index is 13.5. The molecule has 0 amide bonds. The van der Waals surface area contributed by atoms with Gasteiger partial charge in [-0.05, 0) is 66.2 Å². The quantitative estimate of drug-likeness (QED) is 0.453. The van der Waals surface area contributed by atoms with Crippen molar-refractivity contribution in [2.24, 2.45) is 5.41 Å². The Balaban J connectivity index is 1.64. The molecule has 0 saturated carbocycles. The zero-order valence-electron chi connectivity index (χ0n) is 18.2. The lowest BCUT2D eigenvalue weighted by Gasteiger charge is -2.30. The third-order valence-corrected chi connectivity index (χ3v) is 6.94. The third kappa shape index (κ3) is 5.14.